The lowest BCUT2D eigenvalue weighted by molar-refractivity contribution is -0.117. The van der Waals surface area contributed by atoms with Gasteiger partial charge in [0.15, 0.2) is 0 Å². The number of benzene rings is 1. The van der Waals surface area contributed by atoms with E-state index in [4.69, 9.17) is 0 Å². The molecule has 0 saturated heterocycles. The third-order valence-corrected chi connectivity index (χ3v) is 2.72. The van der Waals surface area contributed by atoms with Crippen molar-refractivity contribution < 1.29 is 9.59 Å². The summed E-state index contributed by atoms with van der Waals surface area (Å²) in [6, 6.07) is 11.5. The number of rotatable bonds is 4. The quantitative estimate of drug-likeness (QED) is 0.889. The summed E-state index contributed by atoms with van der Waals surface area (Å²) in [6.07, 6.45) is 3.17. The summed E-state index contributed by atoms with van der Waals surface area (Å²) >= 11 is 0. The Morgan fingerprint density at radius 2 is 1.70 bits per heavy atom. The summed E-state index contributed by atoms with van der Waals surface area (Å²) in [6.45, 7) is 1.64. The molecule has 5 nitrogen and oxygen atoms in total. The molecule has 5 heteroatoms. The minimum Gasteiger partial charge on any atom is -0.341 e. The van der Waals surface area contributed by atoms with Gasteiger partial charge in [0.1, 0.15) is 6.04 Å². The lowest BCUT2D eigenvalue weighted by Gasteiger charge is -2.14. The summed E-state index contributed by atoms with van der Waals surface area (Å²) in [5, 5.41) is 5.35. The molecular formula is C15H15N3O2. The van der Waals surface area contributed by atoms with E-state index < -0.39 is 6.04 Å². The zero-order valence-electron chi connectivity index (χ0n) is 11.0. The highest BCUT2D eigenvalue weighted by atomic mass is 16.2. The molecule has 1 heterocycles. The second-order valence-electron chi connectivity index (χ2n) is 4.29. The van der Waals surface area contributed by atoms with E-state index in [1.54, 1.807) is 55.7 Å². The van der Waals surface area contributed by atoms with E-state index in [-0.39, 0.29) is 11.8 Å². The number of aromatic nitrogens is 1. The van der Waals surface area contributed by atoms with Gasteiger partial charge in [-0.05, 0) is 31.2 Å². The van der Waals surface area contributed by atoms with Crippen molar-refractivity contribution in [3.8, 4) is 0 Å². The largest absolute Gasteiger partial charge is 0.341 e. The molecule has 0 fully saturated rings. The molecule has 0 aliphatic heterocycles. The molecule has 2 rings (SSSR count). The number of carbonyl (C=O) groups excluding carboxylic acids is 2. The monoisotopic (exact) mass is 269 g/mol. The molecule has 2 aromatic rings. The first-order chi connectivity index (χ1) is 9.66. The SMILES string of the molecule is CC(NC(=O)c1ccccc1)C(=O)Nc1ccncc1. The average Bonchev–Trinajstić information content (AvgIpc) is 2.49. The zero-order valence-corrected chi connectivity index (χ0v) is 11.0. The number of nitrogens with zero attached hydrogens (tertiary/aromatic N) is 1. The third-order valence-electron chi connectivity index (χ3n) is 2.72. The Labute approximate surface area is 117 Å². The molecule has 1 atom stereocenters. The highest BCUT2D eigenvalue weighted by molar-refractivity contribution is 6.00. The van der Waals surface area contributed by atoms with E-state index in [9.17, 15) is 9.59 Å². The Hall–Kier alpha value is -2.69. The van der Waals surface area contributed by atoms with E-state index in [2.05, 4.69) is 15.6 Å². The number of carbonyl (C=O) groups is 2. The lowest BCUT2D eigenvalue weighted by atomic mass is 10.2. The van der Waals surface area contributed by atoms with Crippen LogP contribution in [0.15, 0.2) is 54.9 Å². The Balaban J connectivity index is 1.93. The highest BCUT2D eigenvalue weighted by Crippen LogP contribution is 2.04. The van der Waals surface area contributed by atoms with Crippen LogP contribution in [0.1, 0.15) is 17.3 Å². The Morgan fingerprint density at radius 1 is 1.05 bits per heavy atom. The maximum atomic E-state index is 11.9. The standard InChI is InChI=1S/C15H15N3O2/c1-11(14(19)18-13-7-9-16-10-8-13)17-15(20)12-5-3-2-4-6-12/h2-11H,1H3,(H,17,20)(H,16,18,19). The van der Waals surface area contributed by atoms with E-state index in [1.807, 2.05) is 6.07 Å². The summed E-state index contributed by atoms with van der Waals surface area (Å²) in [5.41, 5.74) is 1.17. The van der Waals surface area contributed by atoms with Gasteiger partial charge in [0.25, 0.3) is 5.91 Å². The van der Waals surface area contributed by atoms with Crippen molar-refractivity contribution >= 4 is 17.5 Å². The van der Waals surface area contributed by atoms with Crippen molar-refractivity contribution in [2.45, 2.75) is 13.0 Å². The van der Waals surface area contributed by atoms with Crippen molar-refractivity contribution in [3.63, 3.8) is 0 Å². The van der Waals surface area contributed by atoms with Gasteiger partial charge in [-0.3, -0.25) is 14.6 Å². The van der Waals surface area contributed by atoms with Gasteiger partial charge < -0.3 is 10.6 Å². The molecule has 1 aromatic heterocycles. The van der Waals surface area contributed by atoms with Crippen LogP contribution in [0, 0.1) is 0 Å². The minimum absolute atomic E-state index is 0.275. The average molecular weight is 269 g/mol. The number of hydrogen-bond donors (Lipinski definition) is 2. The first-order valence-electron chi connectivity index (χ1n) is 6.23. The fourth-order valence-corrected chi connectivity index (χ4v) is 1.62. The topological polar surface area (TPSA) is 71.1 Å². The zero-order chi connectivity index (χ0) is 14.4. The van der Waals surface area contributed by atoms with Crippen LogP contribution in [0.5, 0.6) is 0 Å². The molecule has 0 saturated carbocycles. The van der Waals surface area contributed by atoms with Crippen LogP contribution >= 0.6 is 0 Å². The van der Waals surface area contributed by atoms with Crippen LogP contribution in [-0.2, 0) is 4.79 Å². The number of anilines is 1. The van der Waals surface area contributed by atoms with E-state index in [0.29, 0.717) is 11.3 Å². The van der Waals surface area contributed by atoms with Gasteiger partial charge in [-0.1, -0.05) is 18.2 Å². The number of nitrogens with one attached hydrogen (secondary N) is 2. The molecule has 0 radical (unpaired) electrons. The van der Waals surface area contributed by atoms with Gasteiger partial charge in [0.05, 0.1) is 0 Å². The second-order valence-corrected chi connectivity index (χ2v) is 4.29. The molecule has 1 aromatic carbocycles. The molecule has 0 aliphatic rings. The van der Waals surface area contributed by atoms with Gasteiger partial charge in [0, 0.05) is 23.6 Å². The van der Waals surface area contributed by atoms with Crippen LogP contribution < -0.4 is 10.6 Å². The molecule has 0 aliphatic carbocycles. The maximum Gasteiger partial charge on any atom is 0.251 e. The fourth-order valence-electron chi connectivity index (χ4n) is 1.62. The number of amides is 2. The summed E-state index contributed by atoms with van der Waals surface area (Å²) < 4.78 is 0. The number of pyridine rings is 1. The van der Waals surface area contributed by atoms with Gasteiger partial charge in [0.2, 0.25) is 5.91 Å². The molecule has 2 amide bonds. The van der Waals surface area contributed by atoms with Gasteiger partial charge in [-0.2, -0.15) is 0 Å². The summed E-state index contributed by atoms with van der Waals surface area (Å²) in [4.78, 5) is 27.7. The molecular weight excluding hydrogens is 254 g/mol. The minimum atomic E-state index is -0.629. The van der Waals surface area contributed by atoms with Crippen molar-refractivity contribution in [2.24, 2.45) is 0 Å². The van der Waals surface area contributed by atoms with Crippen molar-refractivity contribution in [1.82, 2.24) is 10.3 Å². The normalized spacial score (nSPS) is 11.4. The van der Waals surface area contributed by atoms with E-state index >= 15 is 0 Å². The molecule has 2 N–H and O–H groups in total. The lowest BCUT2D eigenvalue weighted by Crippen LogP contribution is -2.41. The van der Waals surface area contributed by atoms with Crippen molar-refractivity contribution in [2.75, 3.05) is 5.32 Å². The van der Waals surface area contributed by atoms with Gasteiger partial charge in [-0.15, -0.1) is 0 Å². The van der Waals surface area contributed by atoms with Crippen LogP contribution in [0.2, 0.25) is 0 Å². The van der Waals surface area contributed by atoms with Crippen LogP contribution in [0.3, 0.4) is 0 Å². The molecule has 1 unspecified atom stereocenters. The van der Waals surface area contributed by atoms with Crippen LogP contribution in [0.25, 0.3) is 0 Å². The van der Waals surface area contributed by atoms with E-state index in [0.717, 1.165) is 0 Å². The molecule has 0 spiro atoms. The molecule has 102 valence electrons. The summed E-state index contributed by atoms with van der Waals surface area (Å²) in [7, 11) is 0. The van der Waals surface area contributed by atoms with Gasteiger partial charge in [-0.25, -0.2) is 0 Å². The summed E-state index contributed by atoms with van der Waals surface area (Å²) in [5.74, 6) is -0.552. The third kappa shape index (κ3) is 3.65. The Kier molecular flexibility index (Phi) is 4.44. The Morgan fingerprint density at radius 3 is 2.35 bits per heavy atom. The molecule has 20 heavy (non-hydrogen) atoms. The predicted octanol–water partition coefficient (Wildman–Crippen LogP) is 1.84. The number of hydrogen-bond acceptors (Lipinski definition) is 3. The smallest absolute Gasteiger partial charge is 0.251 e. The van der Waals surface area contributed by atoms with E-state index in [1.165, 1.54) is 0 Å². The first-order valence-corrected chi connectivity index (χ1v) is 6.23. The van der Waals surface area contributed by atoms with Crippen molar-refractivity contribution in [1.29, 1.82) is 0 Å². The second kappa shape index (κ2) is 6.47. The Bertz CT molecular complexity index is 585. The first kappa shape index (κ1) is 13.7. The van der Waals surface area contributed by atoms with Crippen molar-refractivity contribution in [3.05, 3.63) is 60.4 Å². The van der Waals surface area contributed by atoms with Crippen LogP contribution in [0.4, 0.5) is 5.69 Å². The van der Waals surface area contributed by atoms with Gasteiger partial charge >= 0.3 is 0 Å². The predicted molar refractivity (Wildman–Crippen MR) is 76.2 cm³/mol. The fraction of sp³-hybridized carbons (Fsp3) is 0.133. The highest BCUT2D eigenvalue weighted by Gasteiger charge is 2.16. The maximum absolute atomic E-state index is 11.9. The molecule has 0 bridgehead atoms. The van der Waals surface area contributed by atoms with Crippen LogP contribution in [-0.4, -0.2) is 22.8 Å².